The van der Waals surface area contributed by atoms with Gasteiger partial charge >= 0.3 is 0 Å². The maximum absolute atomic E-state index is 11.2. The van der Waals surface area contributed by atoms with E-state index in [0.29, 0.717) is 6.61 Å². The lowest BCUT2D eigenvalue weighted by atomic mass is 10.1. The number of ether oxygens (including phenoxy) is 1. The quantitative estimate of drug-likeness (QED) is 0.892. The predicted molar refractivity (Wildman–Crippen MR) is 89.8 cm³/mol. The second-order valence-corrected chi connectivity index (χ2v) is 6.04. The van der Waals surface area contributed by atoms with Crippen LogP contribution in [0.2, 0.25) is 0 Å². The number of hydrogen-bond acceptors (Lipinski definition) is 3. The third kappa shape index (κ3) is 4.33. The highest BCUT2D eigenvalue weighted by atomic mass is 16.5. The first-order chi connectivity index (χ1) is 11.2. The zero-order valence-electron chi connectivity index (χ0n) is 13.2. The number of benzene rings is 2. The maximum Gasteiger partial charge on any atom is 0.221 e. The monoisotopic (exact) mass is 310 g/mol. The summed E-state index contributed by atoms with van der Waals surface area (Å²) in [7, 11) is 0. The molecular weight excluding hydrogens is 288 g/mol. The topological polar surface area (TPSA) is 55.6 Å². The number of nitrogens with zero attached hydrogens (tertiary/aromatic N) is 1. The second kappa shape index (κ2) is 7.29. The van der Waals surface area contributed by atoms with Crippen LogP contribution in [-0.4, -0.2) is 23.9 Å². The highest BCUT2D eigenvalue weighted by Crippen LogP contribution is 2.20. The minimum Gasteiger partial charge on any atom is -0.489 e. The van der Waals surface area contributed by atoms with Crippen LogP contribution in [-0.2, 0) is 17.9 Å². The molecule has 1 amide bonds. The van der Waals surface area contributed by atoms with E-state index in [1.54, 1.807) is 0 Å². The van der Waals surface area contributed by atoms with Crippen molar-refractivity contribution in [2.75, 3.05) is 13.1 Å². The molecule has 0 aliphatic carbocycles. The number of nitrogens with two attached hydrogens (primary N) is 1. The van der Waals surface area contributed by atoms with E-state index in [1.807, 2.05) is 30.3 Å². The molecule has 0 spiro atoms. The Morgan fingerprint density at radius 2 is 1.83 bits per heavy atom. The summed E-state index contributed by atoms with van der Waals surface area (Å²) in [6.07, 6.45) is 0.869. The summed E-state index contributed by atoms with van der Waals surface area (Å²) in [6.45, 7) is 3.12. The van der Waals surface area contributed by atoms with E-state index in [4.69, 9.17) is 10.5 Å². The molecule has 3 rings (SSSR count). The SMILES string of the molecule is NC(=O)C1CCN(Cc2ccc(OCc3ccccc3)cc2)C1. The fourth-order valence-corrected chi connectivity index (χ4v) is 2.90. The van der Waals surface area contributed by atoms with Gasteiger partial charge in [0.15, 0.2) is 0 Å². The molecule has 1 unspecified atom stereocenters. The first-order valence-electron chi connectivity index (χ1n) is 7.98. The van der Waals surface area contributed by atoms with Crippen molar-refractivity contribution < 1.29 is 9.53 Å². The lowest BCUT2D eigenvalue weighted by Crippen LogP contribution is -2.27. The Morgan fingerprint density at radius 3 is 2.48 bits per heavy atom. The minimum atomic E-state index is -0.183. The van der Waals surface area contributed by atoms with Crippen molar-refractivity contribution in [2.45, 2.75) is 19.6 Å². The van der Waals surface area contributed by atoms with Gasteiger partial charge in [-0.2, -0.15) is 0 Å². The Morgan fingerprint density at radius 1 is 1.09 bits per heavy atom. The molecule has 23 heavy (non-hydrogen) atoms. The lowest BCUT2D eigenvalue weighted by Gasteiger charge is -2.15. The average molecular weight is 310 g/mol. The number of likely N-dealkylation sites (tertiary alicyclic amines) is 1. The van der Waals surface area contributed by atoms with Crippen LogP contribution in [0.3, 0.4) is 0 Å². The summed E-state index contributed by atoms with van der Waals surface area (Å²) in [5, 5.41) is 0. The summed E-state index contributed by atoms with van der Waals surface area (Å²) in [4.78, 5) is 13.5. The molecule has 1 aliphatic heterocycles. The van der Waals surface area contributed by atoms with Crippen molar-refractivity contribution in [1.29, 1.82) is 0 Å². The smallest absolute Gasteiger partial charge is 0.221 e. The first-order valence-corrected chi connectivity index (χ1v) is 7.98. The predicted octanol–water partition coefficient (Wildman–Crippen LogP) is 2.57. The van der Waals surface area contributed by atoms with Gasteiger partial charge in [-0.05, 0) is 36.2 Å². The van der Waals surface area contributed by atoms with Crippen LogP contribution < -0.4 is 10.5 Å². The summed E-state index contributed by atoms with van der Waals surface area (Å²) < 4.78 is 5.79. The van der Waals surface area contributed by atoms with E-state index in [0.717, 1.165) is 37.4 Å². The number of primary amides is 1. The molecule has 1 atom stereocenters. The van der Waals surface area contributed by atoms with Crippen LogP contribution >= 0.6 is 0 Å². The zero-order chi connectivity index (χ0) is 16.1. The summed E-state index contributed by atoms with van der Waals surface area (Å²) in [5.41, 5.74) is 7.76. The van der Waals surface area contributed by atoms with Gasteiger partial charge in [-0.25, -0.2) is 0 Å². The molecule has 2 aromatic rings. The number of hydrogen-bond donors (Lipinski definition) is 1. The van der Waals surface area contributed by atoms with Crippen molar-refractivity contribution in [1.82, 2.24) is 4.90 Å². The van der Waals surface area contributed by atoms with Crippen LogP contribution in [0.1, 0.15) is 17.5 Å². The van der Waals surface area contributed by atoms with E-state index in [1.165, 1.54) is 5.56 Å². The van der Waals surface area contributed by atoms with E-state index >= 15 is 0 Å². The average Bonchev–Trinajstić information content (AvgIpc) is 3.04. The molecule has 120 valence electrons. The summed E-state index contributed by atoms with van der Waals surface area (Å²) >= 11 is 0. The second-order valence-electron chi connectivity index (χ2n) is 6.04. The molecule has 4 heteroatoms. The highest BCUT2D eigenvalue weighted by molar-refractivity contribution is 5.77. The number of carbonyl (C=O) groups is 1. The Balaban J connectivity index is 1.50. The lowest BCUT2D eigenvalue weighted by molar-refractivity contribution is -0.121. The van der Waals surface area contributed by atoms with Gasteiger partial charge in [-0.3, -0.25) is 9.69 Å². The fraction of sp³-hybridized carbons (Fsp3) is 0.316. The molecule has 2 aromatic carbocycles. The van der Waals surface area contributed by atoms with Crippen LogP contribution in [0.4, 0.5) is 0 Å². The standard InChI is InChI=1S/C19H22N2O2/c20-19(22)17-10-11-21(13-17)12-15-6-8-18(9-7-15)23-14-16-4-2-1-3-5-16/h1-9,17H,10-14H2,(H2,20,22). The molecule has 0 aromatic heterocycles. The van der Waals surface area contributed by atoms with E-state index in [2.05, 4.69) is 29.2 Å². The van der Waals surface area contributed by atoms with Crippen LogP contribution in [0.15, 0.2) is 54.6 Å². The van der Waals surface area contributed by atoms with Crippen LogP contribution in [0.5, 0.6) is 5.75 Å². The Kier molecular flexibility index (Phi) is 4.93. The number of carbonyl (C=O) groups excluding carboxylic acids is 1. The van der Waals surface area contributed by atoms with Gasteiger partial charge < -0.3 is 10.5 Å². The molecule has 1 fully saturated rings. The number of rotatable bonds is 6. The molecule has 1 heterocycles. The fourth-order valence-electron chi connectivity index (χ4n) is 2.90. The van der Waals surface area contributed by atoms with Gasteiger partial charge in [0.2, 0.25) is 5.91 Å². The van der Waals surface area contributed by atoms with E-state index in [9.17, 15) is 4.79 Å². The van der Waals surface area contributed by atoms with Crippen molar-refractivity contribution in [3.05, 3.63) is 65.7 Å². The highest BCUT2D eigenvalue weighted by Gasteiger charge is 2.26. The van der Waals surface area contributed by atoms with Crippen molar-refractivity contribution in [3.8, 4) is 5.75 Å². The third-order valence-corrected chi connectivity index (χ3v) is 4.25. The Hall–Kier alpha value is -2.33. The van der Waals surface area contributed by atoms with Crippen molar-refractivity contribution >= 4 is 5.91 Å². The van der Waals surface area contributed by atoms with E-state index in [-0.39, 0.29) is 11.8 Å². The van der Waals surface area contributed by atoms with Gasteiger partial charge in [0.1, 0.15) is 12.4 Å². The Bertz CT molecular complexity index is 640. The molecule has 1 aliphatic rings. The molecule has 0 saturated carbocycles. The van der Waals surface area contributed by atoms with Gasteiger partial charge in [0, 0.05) is 13.1 Å². The largest absolute Gasteiger partial charge is 0.489 e. The molecular formula is C19H22N2O2. The normalized spacial score (nSPS) is 18.0. The van der Waals surface area contributed by atoms with Gasteiger partial charge in [0.05, 0.1) is 5.92 Å². The maximum atomic E-state index is 11.2. The van der Waals surface area contributed by atoms with Gasteiger partial charge in [-0.1, -0.05) is 42.5 Å². The number of amides is 1. The van der Waals surface area contributed by atoms with Crippen molar-refractivity contribution in [3.63, 3.8) is 0 Å². The minimum absolute atomic E-state index is 0.00322. The molecule has 0 radical (unpaired) electrons. The first kappa shape index (κ1) is 15.6. The van der Waals surface area contributed by atoms with Crippen molar-refractivity contribution in [2.24, 2.45) is 11.7 Å². The third-order valence-electron chi connectivity index (χ3n) is 4.25. The van der Waals surface area contributed by atoms with E-state index < -0.39 is 0 Å². The molecule has 2 N–H and O–H groups in total. The molecule has 0 bridgehead atoms. The summed E-state index contributed by atoms with van der Waals surface area (Å²) in [6, 6.07) is 18.3. The molecule has 1 saturated heterocycles. The summed E-state index contributed by atoms with van der Waals surface area (Å²) in [5.74, 6) is 0.690. The van der Waals surface area contributed by atoms with Gasteiger partial charge in [0.25, 0.3) is 0 Å². The zero-order valence-corrected chi connectivity index (χ0v) is 13.2. The molecule has 4 nitrogen and oxygen atoms in total. The van der Waals surface area contributed by atoms with Crippen LogP contribution in [0.25, 0.3) is 0 Å². The van der Waals surface area contributed by atoms with Crippen LogP contribution in [0, 0.1) is 5.92 Å². The van der Waals surface area contributed by atoms with Gasteiger partial charge in [-0.15, -0.1) is 0 Å². The Labute approximate surface area is 136 Å².